The number of carbonyl (C=O) groups is 1. The van der Waals surface area contributed by atoms with Crippen molar-refractivity contribution in [3.05, 3.63) is 24.2 Å². The molecular formula is C14H20ClNO2. The molecule has 1 heterocycles. The number of alkyl halides is 1. The summed E-state index contributed by atoms with van der Waals surface area (Å²) in [7, 11) is 0. The van der Waals surface area contributed by atoms with Gasteiger partial charge in [0.05, 0.1) is 11.8 Å². The topological polar surface area (TPSA) is 42.2 Å². The maximum Gasteiger partial charge on any atom is 0.220 e. The number of nitrogens with one attached hydrogen (secondary N) is 1. The first-order chi connectivity index (χ1) is 8.74. The molecule has 2 rings (SSSR count). The average molecular weight is 270 g/mol. The van der Waals surface area contributed by atoms with Crippen LogP contribution in [0.1, 0.15) is 44.3 Å². The van der Waals surface area contributed by atoms with Crippen LogP contribution in [0.15, 0.2) is 22.8 Å². The quantitative estimate of drug-likeness (QED) is 0.834. The Bertz CT molecular complexity index is 369. The van der Waals surface area contributed by atoms with Gasteiger partial charge in [-0.1, -0.05) is 19.3 Å². The number of amides is 1. The minimum absolute atomic E-state index is 0.0777. The molecule has 0 aliphatic heterocycles. The summed E-state index contributed by atoms with van der Waals surface area (Å²) in [6, 6.07) is 3.74. The average Bonchev–Trinajstić information content (AvgIpc) is 2.91. The van der Waals surface area contributed by atoms with Gasteiger partial charge in [0.1, 0.15) is 5.76 Å². The lowest BCUT2D eigenvalue weighted by molar-refractivity contribution is -0.123. The van der Waals surface area contributed by atoms with E-state index in [4.69, 9.17) is 16.0 Å². The summed E-state index contributed by atoms with van der Waals surface area (Å²) in [6.45, 7) is 0. The molecule has 0 saturated heterocycles. The van der Waals surface area contributed by atoms with Crippen molar-refractivity contribution in [3.63, 3.8) is 0 Å². The van der Waals surface area contributed by atoms with Gasteiger partial charge >= 0.3 is 0 Å². The number of hydrogen-bond acceptors (Lipinski definition) is 2. The van der Waals surface area contributed by atoms with Gasteiger partial charge in [0.2, 0.25) is 5.91 Å². The highest BCUT2D eigenvalue weighted by Crippen LogP contribution is 2.29. The third-order valence-corrected chi connectivity index (χ3v) is 4.16. The molecule has 0 atom stereocenters. The molecular weight excluding hydrogens is 250 g/mol. The number of carbonyl (C=O) groups excluding carboxylic acids is 1. The van der Waals surface area contributed by atoms with Gasteiger partial charge in [-0.3, -0.25) is 4.79 Å². The van der Waals surface area contributed by atoms with Crippen LogP contribution in [0.3, 0.4) is 0 Å². The Balaban J connectivity index is 1.81. The van der Waals surface area contributed by atoms with Crippen LogP contribution in [0, 0.1) is 0 Å². The lowest BCUT2D eigenvalue weighted by Gasteiger charge is -2.36. The molecule has 1 aliphatic rings. The summed E-state index contributed by atoms with van der Waals surface area (Å²) in [5.74, 6) is 1.45. The maximum absolute atomic E-state index is 12.0. The van der Waals surface area contributed by atoms with Gasteiger partial charge in [-0.25, -0.2) is 0 Å². The summed E-state index contributed by atoms with van der Waals surface area (Å²) in [6.07, 6.45) is 8.32. The summed E-state index contributed by atoms with van der Waals surface area (Å²) >= 11 is 6.05. The summed E-state index contributed by atoms with van der Waals surface area (Å²) in [5.41, 5.74) is -0.167. The van der Waals surface area contributed by atoms with Crippen LogP contribution >= 0.6 is 11.6 Å². The lowest BCUT2D eigenvalue weighted by atomic mass is 9.83. The SMILES string of the molecule is O=C(CCc1ccco1)NC1(CCl)CCCCC1. The second-order valence-electron chi connectivity index (χ2n) is 5.10. The fourth-order valence-electron chi connectivity index (χ4n) is 2.57. The summed E-state index contributed by atoms with van der Waals surface area (Å²) in [4.78, 5) is 12.0. The highest BCUT2D eigenvalue weighted by atomic mass is 35.5. The first-order valence-electron chi connectivity index (χ1n) is 6.63. The maximum atomic E-state index is 12.0. The van der Waals surface area contributed by atoms with Gasteiger partial charge in [0.25, 0.3) is 0 Å². The van der Waals surface area contributed by atoms with Gasteiger partial charge < -0.3 is 9.73 Å². The number of halogens is 1. The highest BCUT2D eigenvalue weighted by Gasteiger charge is 2.32. The second kappa shape index (κ2) is 6.28. The number of rotatable bonds is 5. The van der Waals surface area contributed by atoms with Crippen molar-refractivity contribution in [1.82, 2.24) is 5.32 Å². The Labute approximate surface area is 113 Å². The van der Waals surface area contributed by atoms with Crippen LogP contribution in [0.2, 0.25) is 0 Å². The predicted octanol–water partition coefficient (Wildman–Crippen LogP) is 3.27. The molecule has 18 heavy (non-hydrogen) atoms. The molecule has 0 bridgehead atoms. The third-order valence-electron chi connectivity index (χ3n) is 3.65. The molecule has 0 aromatic carbocycles. The van der Waals surface area contributed by atoms with E-state index in [9.17, 15) is 4.79 Å². The zero-order valence-electron chi connectivity index (χ0n) is 10.6. The Morgan fingerprint density at radius 3 is 2.78 bits per heavy atom. The summed E-state index contributed by atoms with van der Waals surface area (Å²) < 4.78 is 5.22. The molecule has 1 aromatic rings. The van der Waals surface area contributed by atoms with Crippen molar-refractivity contribution in [2.75, 3.05) is 5.88 Å². The number of aryl methyl sites for hydroxylation is 1. The predicted molar refractivity (Wildman–Crippen MR) is 71.7 cm³/mol. The van der Waals surface area contributed by atoms with Crippen LogP contribution in [-0.4, -0.2) is 17.3 Å². The lowest BCUT2D eigenvalue weighted by Crippen LogP contribution is -2.51. The standard InChI is InChI=1S/C14H20ClNO2/c15-11-14(8-2-1-3-9-14)16-13(17)7-6-12-5-4-10-18-12/h4-5,10H,1-3,6-9,11H2,(H,16,17). The fraction of sp³-hybridized carbons (Fsp3) is 0.643. The van der Waals surface area contributed by atoms with Crippen molar-refractivity contribution >= 4 is 17.5 Å². The normalized spacial score (nSPS) is 18.5. The van der Waals surface area contributed by atoms with E-state index in [0.29, 0.717) is 18.7 Å². The van der Waals surface area contributed by atoms with E-state index in [1.807, 2.05) is 12.1 Å². The van der Waals surface area contributed by atoms with Crippen molar-refractivity contribution in [2.24, 2.45) is 0 Å². The number of hydrogen-bond donors (Lipinski definition) is 1. The van der Waals surface area contributed by atoms with Gasteiger partial charge in [-0.15, -0.1) is 11.6 Å². The molecule has 3 nitrogen and oxygen atoms in total. The minimum atomic E-state index is -0.167. The van der Waals surface area contributed by atoms with E-state index in [2.05, 4.69) is 5.32 Å². The molecule has 100 valence electrons. The van der Waals surface area contributed by atoms with Crippen LogP contribution < -0.4 is 5.32 Å². The zero-order chi connectivity index (χ0) is 12.8. The second-order valence-corrected chi connectivity index (χ2v) is 5.37. The molecule has 1 fully saturated rings. The van der Waals surface area contributed by atoms with E-state index in [-0.39, 0.29) is 11.4 Å². The zero-order valence-corrected chi connectivity index (χ0v) is 11.3. The first-order valence-corrected chi connectivity index (χ1v) is 7.17. The van der Waals surface area contributed by atoms with E-state index in [1.165, 1.54) is 6.42 Å². The van der Waals surface area contributed by atoms with Crippen LogP contribution in [0.4, 0.5) is 0 Å². The molecule has 1 saturated carbocycles. The Morgan fingerprint density at radius 1 is 1.39 bits per heavy atom. The van der Waals surface area contributed by atoms with E-state index in [0.717, 1.165) is 31.4 Å². The largest absolute Gasteiger partial charge is 0.469 e. The molecule has 1 N–H and O–H groups in total. The van der Waals surface area contributed by atoms with E-state index >= 15 is 0 Å². The first kappa shape index (κ1) is 13.5. The Morgan fingerprint density at radius 2 is 2.17 bits per heavy atom. The van der Waals surface area contributed by atoms with Gasteiger partial charge in [0.15, 0.2) is 0 Å². The molecule has 0 radical (unpaired) electrons. The monoisotopic (exact) mass is 269 g/mol. The van der Waals surface area contributed by atoms with Crippen LogP contribution in [-0.2, 0) is 11.2 Å². The van der Waals surface area contributed by atoms with Gasteiger partial charge in [-0.2, -0.15) is 0 Å². The summed E-state index contributed by atoms with van der Waals surface area (Å²) in [5, 5.41) is 3.13. The molecule has 4 heteroatoms. The van der Waals surface area contributed by atoms with E-state index < -0.39 is 0 Å². The van der Waals surface area contributed by atoms with Crippen molar-refractivity contribution in [2.45, 2.75) is 50.5 Å². The fourth-order valence-corrected chi connectivity index (χ4v) is 2.90. The van der Waals surface area contributed by atoms with Crippen molar-refractivity contribution in [1.29, 1.82) is 0 Å². The third kappa shape index (κ3) is 3.52. The van der Waals surface area contributed by atoms with Crippen LogP contribution in [0.5, 0.6) is 0 Å². The van der Waals surface area contributed by atoms with Gasteiger partial charge in [-0.05, 0) is 25.0 Å². The Hall–Kier alpha value is -0.960. The van der Waals surface area contributed by atoms with Crippen LogP contribution in [0.25, 0.3) is 0 Å². The number of furan rings is 1. The van der Waals surface area contributed by atoms with Crippen molar-refractivity contribution in [3.8, 4) is 0 Å². The smallest absolute Gasteiger partial charge is 0.220 e. The molecule has 0 unspecified atom stereocenters. The van der Waals surface area contributed by atoms with E-state index in [1.54, 1.807) is 6.26 Å². The Kier molecular flexibility index (Phi) is 4.70. The van der Waals surface area contributed by atoms with Crippen molar-refractivity contribution < 1.29 is 9.21 Å². The molecule has 1 aromatic heterocycles. The molecule has 1 amide bonds. The molecule has 1 aliphatic carbocycles. The minimum Gasteiger partial charge on any atom is -0.469 e. The van der Waals surface area contributed by atoms with Gasteiger partial charge in [0, 0.05) is 18.7 Å². The highest BCUT2D eigenvalue weighted by molar-refractivity contribution is 6.18. The molecule has 0 spiro atoms.